The van der Waals surface area contributed by atoms with Crippen LogP contribution in [0.15, 0.2) is 268 Å². The van der Waals surface area contributed by atoms with E-state index in [-0.39, 0.29) is 0 Å². The van der Waals surface area contributed by atoms with Gasteiger partial charge in [-0.3, -0.25) is 0 Å². The molecule has 0 aliphatic rings. The molecule has 62 heavy (non-hydrogen) atoms. The van der Waals surface area contributed by atoms with Crippen LogP contribution >= 0.6 is 0 Å². The summed E-state index contributed by atoms with van der Waals surface area (Å²) in [6.45, 7) is 7.89. The molecule has 0 unspecified atom stereocenters. The van der Waals surface area contributed by atoms with Gasteiger partial charge in [0.2, 0.25) is 0 Å². The van der Waals surface area contributed by atoms with E-state index >= 15 is 0 Å². The molecule has 0 aliphatic carbocycles. The van der Waals surface area contributed by atoms with Crippen molar-refractivity contribution in [2.75, 3.05) is 9.80 Å². The molecule has 0 heterocycles. The highest BCUT2D eigenvalue weighted by Crippen LogP contribution is 2.39. The SMILES string of the molecule is C=C/C=C(\C=C)c1ccc(N(c2ccc(-c3ccccc3)cc2)c2ccc(-c3ccc(N(c4ccccc4)c4ccc(-c5ccc(-c6ccccc6)cc5)cc4)cc3)cc2)cc1. The summed E-state index contributed by atoms with van der Waals surface area (Å²) in [5.74, 6) is 0. The first-order chi connectivity index (χ1) is 30.6. The minimum Gasteiger partial charge on any atom is -0.311 e. The monoisotopic (exact) mass is 794 g/mol. The van der Waals surface area contributed by atoms with Crippen molar-refractivity contribution in [1.29, 1.82) is 0 Å². The van der Waals surface area contributed by atoms with Crippen LogP contribution in [0, 0.1) is 0 Å². The predicted molar refractivity (Wildman–Crippen MR) is 266 cm³/mol. The summed E-state index contributed by atoms with van der Waals surface area (Å²) >= 11 is 0. The number of benzene rings is 9. The second-order valence-corrected chi connectivity index (χ2v) is 15.1. The van der Waals surface area contributed by atoms with Gasteiger partial charge in [0.05, 0.1) is 0 Å². The Bertz CT molecular complexity index is 2900. The lowest BCUT2D eigenvalue weighted by atomic mass is 10.00. The van der Waals surface area contributed by atoms with E-state index in [0.29, 0.717) is 0 Å². The number of rotatable bonds is 13. The van der Waals surface area contributed by atoms with Gasteiger partial charge in [-0.25, -0.2) is 0 Å². The van der Waals surface area contributed by atoms with Crippen molar-refractivity contribution in [3.63, 3.8) is 0 Å². The Morgan fingerprint density at radius 2 is 0.516 bits per heavy atom. The van der Waals surface area contributed by atoms with Crippen LogP contribution < -0.4 is 9.80 Å². The van der Waals surface area contributed by atoms with Gasteiger partial charge in [-0.05, 0) is 128 Å². The van der Waals surface area contributed by atoms with Gasteiger partial charge in [-0.15, -0.1) is 0 Å². The first-order valence-corrected chi connectivity index (χ1v) is 21.0. The van der Waals surface area contributed by atoms with Crippen LogP contribution in [0.25, 0.3) is 50.1 Å². The highest BCUT2D eigenvalue weighted by Gasteiger charge is 2.16. The molecule has 9 aromatic carbocycles. The normalized spacial score (nSPS) is 11.1. The molecule has 0 radical (unpaired) electrons. The van der Waals surface area contributed by atoms with Crippen molar-refractivity contribution < 1.29 is 0 Å². The first-order valence-electron chi connectivity index (χ1n) is 21.0. The van der Waals surface area contributed by atoms with Gasteiger partial charge in [0.15, 0.2) is 0 Å². The lowest BCUT2D eigenvalue weighted by molar-refractivity contribution is 1.28. The van der Waals surface area contributed by atoms with Crippen LogP contribution in [-0.2, 0) is 0 Å². The fourth-order valence-electron chi connectivity index (χ4n) is 8.01. The Balaban J connectivity index is 0.988. The zero-order valence-corrected chi connectivity index (χ0v) is 34.6. The van der Waals surface area contributed by atoms with Crippen molar-refractivity contribution >= 4 is 39.7 Å². The van der Waals surface area contributed by atoms with Crippen molar-refractivity contribution in [1.82, 2.24) is 0 Å². The number of hydrogen-bond acceptors (Lipinski definition) is 2. The largest absolute Gasteiger partial charge is 0.311 e. The second kappa shape index (κ2) is 18.4. The number of anilines is 6. The van der Waals surface area contributed by atoms with E-state index in [1.54, 1.807) is 6.08 Å². The summed E-state index contributed by atoms with van der Waals surface area (Å²) < 4.78 is 0. The molecule has 9 aromatic rings. The highest BCUT2D eigenvalue weighted by molar-refractivity contribution is 5.84. The van der Waals surface area contributed by atoms with Crippen molar-refractivity contribution in [3.05, 3.63) is 274 Å². The Morgan fingerprint density at radius 1 is 0.274 bits per heavy atom. The Labute approximate surface area is 366 Å². The maximum atomic E-state index is 4.01. The average Bonchev–Trinajstić information content (AvgIpc) is 3.35. The summed E-state index contributed by atoms with van der Waals surface area (Å²) in [6, 6.07) is 84.4. The molecule has 0 atom stereocenters. The van der Waals surface area contributed by atoms with Gasteiger partial charge in [0.1, 0.15) is 0 Å². The third kappa shape index (κ3) is 8.58. The zero-order valence-electron chi connectivity index (χ0n) is 34.6. The van der Waals surface area contributed by atoms with Crippen molar-refractivity contribution in [2.45, 2.75) is 0 Å². The molecule has 0 aliphatic heterocycles. The summed E-state index contributed by atoms with van der Waals surface area (Å²) in [6.07, 6.45) is 5.65. The van der Waals surface area contributed by atoms with Gasteiger partial charge in [0, 0.05) is 34.1 Å². The molecule has 9 rings (SSSR count). The molecule has 0 amide bonds. The Morgan fingerprint density at radius 3 is 0.806 bits per heavy atom. The zero-order chi connectivity index (χ0) is 42.1. The minimum absolute atomic E-state index is 1.03. The standard InChI is InChI=1S/C60H46N2/c1-3-14-45(4-2)48-25-35-58(36-26-48)62(59-37-27-51(28-38-59)47-17-10-6-11-18-47)60-43-33-54(34-44-60)53-31-41-57(42-32-53)61(55-19-12-7-13-20-55)56-39-29-52(30-40-56)50-23-21-49(22-24-50)46-15-8-5-9-16-46/h3-44H,1-2H2/b45-14+. The molecular weight excluding hydrogens is 749 g/mol. The highest BCUT2D eigenvalue weighted by atomic mass is 15.1. The smallest absolute Gasteiger partial charge is 0.0462 e. The molecule has 0 bridgehead atoms. The van der Waals surface area contributed by atoms with E-state index in [0.717, 1.165) is 56.4 Å². The maximum Gasteiger partial charge on any atom is 0.0462 e. The minimum atomic E-state index is 1.03. The third-order valence-electron chi connectivity index (χ3n) is 11.3. The van der Waals surface area contributed by atoms with E-state index in [9.17, 15) is 0 Å². The molecule has 2 heteroatoms. The van der Waals surface area contributed by atoms with Crippen LogP contribution in [0.3, 0.4) is 0 Å². The quantitative estimate of drug-likeness (QED) is 0.107. The molecule has 0 N–H and O–H groups in total. The summed E-state index contributed by atoms with van der Waals surface area (Å²) in [5, 5.41) is 0. The van der Waals surface area contributed by atoms with Crippen molar-refractivity contribution in [3.8, 4) is 44.5 Å². The topological polar surface area (TPSA) is 6.48 Å². The van der Waals surface area contributed by atoms with E-state index in [4.69, 9.17) is 0 Å². The Hall–Kier alpha value is -8.20. The van der Waals surface area contributed by atoms with Crippen LogP contribution in [0.4, 0.5) is 34.1 Å². The van der Waals surface area contributed by atoms with E-state index in [1.165, 1.54) is 33.4 Å². The maximum absolute atomic E-state index is 4.01. The molecule has 0 saturated carbocycles. The van der Waals surface area contributed by atoms with Crippen LogP contribution in [0.2, 0.25) is 0 Å². The van der Waals surface area contributed by atoms with E-state index < -0.39 is 0 Å². The number of para-hydroxylation sites is 1. The van der Waals surface area contributed by atoms with Gasteiger partial charge >= 0.3 is 0 Å². The van der Waals surface area contributed by atoms with E-state index in [1.807, 2.05) is 12.2 Å². The van der Waals surface area contributed by atoms with Gasteiger partial charge < -0.3 is 9.80 Å². The predicted octanol–water partition coefficient (Wildman–Crippen LogP) is 17.0. The number of nitrogens with zero attached hydrogens (tertiary/aromatic N) is 2. The summed E-state index contributed by atoms with van der Waals surface area (Å²) in [5.41, 5.74) is 18.1. The molecule has 0 saturated heterocycles. The second-order valence-electron chi connectivity index (χ2n) is 15.1. The van der Waals surface area contributed by atoms with Crippen LogP contribution in [0.5, 0.6) is 0 Å². The lowest BCUT2D eigenvalue weighted by Crippen LogP contribution is -2.10. The fourth-order valence-corrected chi connectivity index (χ4v) is 8.01. The summed E-state index contributed by atoms with van der Waals surface area (Å²) in [7, 11) is 0. The van der Waals surface area contributed by atoms with Gasteiger partial charge in [0.25, 0.3) is 0 Å². The summed E-state index contributed by atoms with van der Waals surface area (Å²) in [4.78, 5) is 4.62. The molecular formula is C60H46N2. The fraction of sp³-hybridized carbons (Fsp3) is 0. The lowest BCUT2D eigenvalue weighted by Gasteiger charge is -2.26. The number of allylic oxidation sites excluding steroid dienone is 4. The molecule has 2 nitrogen and oxygen atoms in total. The van der Waals surface area contributed by atoms with Crippen molar-refractivity contribution in [2.24, 2.45) is 0 Å². The van der Waals surface area contributed by atoms with Gasteiger partial charge in [-0.2, -0.15) is 0 Å². The molecule has 0 aromatic heterocycles. The van der Waals surface area contributed by atoms with Crippen LogP contribution in [0.1, 0.15) is 5.56 Å². The van der Waals surface area contributed by atoms with E-state index in [2.05, 4.69) is 260 Å². The first kappa shape index (κ1) is 39.3. The Kier molecular flexibility index (Phi) is 11.6. The van der Waals surface area contributed by atoms with Gasteiger partial charge in [-0.1, -0.05) is 195 Å². The molecule has 0 spiro atoms. The molecule has 296 valence electrons. The average molecular weight is 795 g/mol. The molecule has 0 fully saturated rings. The number of hydrogen-bond donors (Lipinski definition) is 0. The third-order valence-corrected chi connectivity index (χ3v) is 11.3. The van der Waals surface area contributed by atoms with Crippen LogP contribution in [-0.4, -0.2) is 0 Å².